The van der Waals surface area contributed by atoms with Crippen LogP contribution in [0.3, 0.4) is 0 Å². The van der Waals surface area contributed by atoms with Crippen LogP contribution in [0.15, 0.2) is 29.9 Å². The average molecular weight is 489 g/mol. The van der Waals surface area contributed by atoms with Gasteiger partial charge >= 0.3 is 5.97 Å². The normalized spacial score (nSPS) is 33.4. The lowest BCUT2D eigenvalue weighted by molar-refractivity contribution is -0.166. The summed E-state index contributed by atoms with van der Waals surface area (Å²) in [5, 5.41) is 10.1. The number of esters is 1. The fourth-order valence-electron chi connectivity index (χ4n) is 5.43. The quantitative estimate of drug-likeness (QED) is 0.241. The second-order valence-electron chi connectivity index (χ2n) is 9.96. The molecule has 0 amide bonds. The first-order chi connectivity index (χ1) is 16.7. The fraction of sp³-hybridized carbons (Fsp3) is 0.593. The largest absolute Gasteiger partial charge is 0.502 e. The zero-order chi connectivity index (χ0) is 25.4. The van der Waals surface area contributed by atoms with E-state index in [-0.39, 0.29) is 46.6 Å². The van der Waals surface area contributed by atoms with Gasteiger partial charge in [0.05, 0.1) is 32.8 Å². The maximum atomic E-state index is 12.8. The molecule has 1 aromatic carbocycles. The molecule has 0 bridgehead atoms. The first-order valence-corrected chi connectivity index (χ1v) is 12.0. The average Bonchev–Trinajstić information content (AvgIpc) is 3.75. The Bertz CT molecular complexity index is 981. The van der Waals surface area contributed by atoms with Gasteiger partial charge < -0.3 is 33.5 Å². The topological polar surface area (TPSA) is 99.3 Å². The molecule has 35 heavy (non-hydrogen) atoms. The molecule has 6 atom stereocenters. The lowest BCUT2D eigenvalue weighted by Gasteiger charge is -2.42. The molecule has 1 N–H and O–H groups in total. The van der Waals surface area contributed by atoms with Gasteiger partial charge in [-0.3, -0.25) is 0 Å². The van der Waals surface area contributed by atoms with Crippen molar-refractivity contribution < 1.29 is 38.3 Å². The number of aromatic hydroxyl groups is 1. The maximum absolute atomic E-state index is 12.8. The van der Waals surface area contributed by atoms with Crippen molar-refractivity contribution in [1.29, 1.82) is 0 Å². The van der Waals surface area contributed by atoms with Gasteiger partial charge in [-0.2, -0.15) is 0 Å². The lowest BCUT2D eigenvalue weighted by Crippen LogP contribution is -2.55. The Morgan fingerprint density at radius 3 is 2.40 bits per heavy atom. The van der Waals surface area contributed by atoms with Crippen molar-refractivity contribution in [1.82, 2.24) is 0 Å². The number of carbonyl (C=O) groups excluding carboxylic acids is 1. The summed E-state index contributed by atoms with van der Waals surface area (Å²) in [5.74, 6) is -0.0982. The van der Waals surface area contributed by atoms with E-state index in [2.05, 4.69) is 26.8 Å². The molecule has 2 aliphatic heterocycles. The number of methoxy groups -OCH3 is 3. The molecule has 3 aliphatic rings. The smallest absolute Gasteiger partial charge is 0.331 e. The molecular formula is C27H36O8. The van der Waals surface area contributed by atoms with Crippen LogP contribution in [0, 0.1) is 5.92 Å². The van der Waals surface area contributed by atoms with E-state index < -0.39 is 12.1 Å². The first kappa shape index (κ1) is 25.5. The van der Waals surface area contributed by atoms with E-state index in [1.807, 2.05) is 0 Å². The van der Waals surface area contributed by atoms with Crippen molar-refractivity contribution in [2.24, 2.45) is 5.92 Å². The van der Waals surface area contributed by atoms with E-state index in [4.69, 9.17) is 28.4 Å². The third-order valence-electron chi connectivity index (χ3n) is 7.42. The van der Waals surface area contributed by atoms with Crippen LogP contribution in [0.4, 0.5) is 0 Å². The predicted molar refractivity (Wildman–Crippen MR) is 130 cm³/mol. The van der Waals surface area contributed by atoms with Crippen molar-refractivity contribution in [3.63, 3.8) is 0 Å². The van der Waals surface area contributed by atoms with Crippen molar-refractivity contribution in [3.8, 4) is 17.2 Å². The van der Waals surface area contributed by atoms with Gasteiger partial charge in [0, 0.05) is 13.2 Å². The fourth-order valence-corrected chi connectivity index (χ4v) is 5.43. The van der Waals surface area contributed by atoms with Crippen LogP contribution in [0.1, 0.15) is 45.6 Å². The molecule has 0 radical (unpaired) electrons. The summed E-state index contributed by atoms with van der Waals surface area (Å²) in [6, 6.07) is 3.23. The number of carbonyl (C=O) groups is 1. The van der Waals surface area contributed by atoms with E-state index in [0.29, 0.717) is 18.6 Å². The van der Waals surface area contributed by atoms with Crippen molar-refractivity contribution >= 4 is 12.0 Å². The van der Waals surface area contributed by atoms with Gasteiger partial charge in [-0.25, -0.2) is 4.79 Å². The minimum absolute atomic E-state index is 0.0308. The molecule has 0 aromatic heterocycles. The Morgan fingerprint density at radius 2 is 1.86 bits per heavy atom. The monoisotopic (exact) mass is 488 g/mol. The highest BCUT2D eigenvalue weighted by molar-refractivity contribution is 5.87. The summed E-state index contributed by atoms with van der Waals surface area (Å²) >= 11 is 0. The molecule has 1 aromatic rings. The van der Waals surface area contributed by atoms with E-state index >= 15 is 0 Å². The third-order valence-corrected chi connectivity index (χ3v) is 7.42. The van der Waals surface area contributed by atoms with Crippen LogP contribution in [-0.2, 0) is 23.7 Å². The SMILES string of the molecule is COc1cc(/C=C/C(=O)O[C@@H]2CC[C@]3(CO3)[C@@H]([C@@]3(C)O[C@H]3CC=C(C)C)[C@@H]2OC)cc(OC)c1O. The Morgan fingerprint density at radius 1 is 1.20 bits per heavy atom. The van der Waals surface area contributed by atoms with E-state index in [0.717, 1.165) is 12.8 Å². The van der Waals surface area contributed by atoms with Gasteiger partial charge in [0.2, 0.25) is 5.75 Å². The molecule has 2 heterocycles. The van der Waals surface area contributed by atoms with Gasteiger partial charge in [0.1, 0.15) is 23.4 Å². The Labute approximate surface area is 206 Å². The highest BCUT2D eigenvalue weighted by Crippen LogP contribution is 2.59. The number of rotatable bonds is 9. The molecule has 1 aliphatic carbocycles. The van der Waals surface area contributed by atoms with Gasteiger partial charge in [-0.15, -0.1) is 0 Å². The van der Waals surface area contributed by atoms with Crippen molar-refractivity contribution in [3.05, 3.63) is 35.4 Å². The third kappa shape index (κ3) is 5.06. The summed E-state index contributed by atoms with van der Waals surface area (Å²) < 4.78 is 34.3. The molecule has 2 saturated heterocycles. The molecule has 8 nitrogen and oxygen atoms in total. The maximum Gasteiger partial charge on any atom is 0.331 e. The van der Waals surface area contributed by atoms with Crippen LogP contribution < -0.4 is 9.47 Å². The Kier molecular flexibility index (Phi) is 7.18. The number of hydrogen-bond acceptors (Lipinski definition) is 8. The molecular weight excluding hydrogens is 452 g/mol. The Hall–Kier alpha value is -2.55. The summed E-state index contributed by atoms with van der Waals surface area (Å²) in [5.41, 5.74) is 1.23. The van der Waals surface area contributed by atoms with Gasteiger partial charge in [0.15, 0.2) is 11.5 Å². The highest BCUT2D eigenvalue weighted by Gasteiger charge is 2.72. The molecule has 8 heteroatoms. The first-order valence-electron chi connectivity index (χ1n) is 12.0. The predicted octanol–water partition coefficient (Wildman–Crippen LogP) is 4.04. The highest BCUT2D eigenvalue weighted by atomic mass is 16.6. The minimum atomic E-state index is -0.475. The lowest BCUT2D eigenvalue weighted by atomic mass is 9.68. The summed E-state index contributed by atoms with van der Waals surface area (Å²) in [6.07, 6.45) is 6.79. The van der Waals surface area contributed by atoms with Gasteiger partial charge in [-0.1, -0.05) is 11.6 Å². The van der Waals surface area contributed by atoms with Gasteiger partial charge in [-0.05, 0) is 63.8 Å². The summed E-state index contributed by atoms with van der Waals surface area (Å²) in [6.45, 7) is 6.96. The van der Waals surface area contributed by atoms with Crippen molar-refractivity contribution in [2.45, 2.75) is 69.5 Å². The second kappa shape index (κ2) is 9.84. The number of hydrogen-bond donors (Lipinski definition) is 1. The standard InChI is InChI=1S/C27H36O8/c1-16(2)7-9-21-26(3,35-21)25-24(32-6)18(11-12-27(25)15-33-27)34-22(28)10-8-17-13-19(30-4)23(29)20(14-17)31-5/h7-8,10,13-14,18,21,24-25,29H,9,11-12,15H2,1-6H3/b10-8+/t18-,21+,24-,25-,26+,27+/m1/s1. The number of ether oxygens (including phenoxy) is 6. The molecule has 3 fully saturated rings. The van der Waals surface area contributed by atoms with E-state index in [9.17, 15) is 9.90 Å². The van der Waals surface area contributed by atoms with Gasteiger partial charge in [0.25, 0.3) is 0 Å². The van der Waals surface area contributed by atoms with Crippen LogP contribution in [0.2, 0.25) is 0 Å². The van der Waals surface area contributed by atoms with Crippen LogP contribution in [-0.4, -0.2) is 68.5 Å². The molecule has 1 spiro atoms. The zero-order valence-corrected chi connectivity index (χ0v) is 21.3. The molecule has 4 rings (SSSR count). The van der Waals surface area contributed by atoms with Crippen LogP contribution in [0.5, 0.6) is 17.2 Å². The number of epoxide rings is 2. The number of phenolic OH excluding ortho intramolecular Hbond substituents is 1. The zero-order valence-electron chi connectivity index (χ0n) is 21.3. The molecule has 1 saturated carbocycles. The summed E-state index contributed by atoms with van der Waals surface area (Å²) in [4.78, 5) is 12.8. The molecule has 0 unspecified atom stereocenters. The van der Waals surface area contributed by atoms with Crippen LogP contribution >= 0.6 is 0 Å². The summed E-state index contributed by atoms with van der Waals surface area (Å²) in [7, 11) is 4.55. The minimum Gasteiger partial charge on any atom is -0.502 e. The Balaban J connectivity index is 1.47. The number of benzene rings is 1. The van der Waals surface area contributed by atoms with E-state index in [1.165, 1.54) is 25.9 Å². The number of allylic oxidation sites excluding steroid dienone is 1. The van der Waals surface area contributed by atoms with Crippen LogP contribution in [0.25, 0.3) is 6.08 Å². The molecule has 192 valence electrons. The second-order valence-corrected chi connectivity index (χ2v) is 9.96. The number of phenols is 1. The van der Waals surface area contributed by atoms with Crippen molar-refractivity contribution in [2.75, 3.05) is 27.9 Å². The van der Waals surface area contributed by atoms with E-state index in [1.54, 1.807) is 25.3 Å².